The normalized spacial score (nSPS) is 10.6. The van der Waals surface area contributed by atoms with Crippen LogP contribution in [0.15, 0.2) is 34.9 Å². The summed E-state index contributed by atoms with van der Waals surface area (Å²) < 4.78 is 11.0. The fourth-order valence-electron chi connectivity index (χ4n) is 1.76. The van der Waals surface area contributed by atoms with E-state index in [2.05, 4.69) is 29.4 Å². The molecule has 0 saturated heterocycles. The number of aryl methyl sites for hydroxylation is 1. The highest BCUT2D eigenvalue weighted by atomic mass is 16.5. The van der Waals surface area contributed by atoms with Crippen LogP contribution in [-0.2, 0) is 13.1 Å². The largest absolute Gasteiger partial charge is 0.494 e. The second-order valence-electron chi connectivity index (χ2n) is 4.46. The molecule has 1 N–H and O–H groups in total. The van der Waals surface area contributed by atoms with Crippen LogP contribution in [0.1, 0.15) is 30.6 Å². The molecule has 0 spiro atoms. The molecule has 1 heterocycles. The van der Waals surface area contributed by atoms with Gasteiger partial charge in [0.15, 0.2) is 0 Å². The number of hydrogen-bond acceptors (Lipinski definition) is 4. The first kappa shape index (κ1) is 13.6. The molecule has 2 rings (SSSR count). The third-order valence-electron chi connectivity index (χ3n) is 2.65. The van der Waals surface area contributed by atoms with Gasteiger partial charge in [0.25, 0.3) is 0 Å². The number of nitrogens with one attached hydrogen (secondary N) is 1. The number of rotatable bonds is 7. The highest BCUT2D eigenvalue weighted by Crippen LogP contribution is 2.13. The smallest absolute Gasteiger partial charge is 0.208 e. The van der Waals surface area contributed by atoms with E-state index in [1.807, 2.05) is 19.1 Å². The van der Waals surface area contributed by atoms with E-state index in [4.69, 9.17) is 9.15 Å². The predicted octanol–water partition coefficient (Wildman–Crippen LogP) is 3.06. The van der Waals surface area contributed by atoms with Crippen LogP contribution in [0, 0.1) is 6.92 Å². The summed E-state index contributed by atoms with van der Waals surface area (Å²) in [4.78, 5) is 4.15. The minimum absolute atomic E-state index is 0.633. The van der Waals surface area contributed by atoms with Gasteiger partial charge in [-0.25, -0.2) is 4.98 Å². The molecule has 0 aliphatic carbocycles. The Hall–Kier alpha value is -1.81. The van der Waals surface area contributed by atoms with Crippen molar-refractivity contribution in [1.82, 2.24) is 10.3 Å². The third-order valence-corrected chi connectivity index (χ3v) is 2.65. The lowest BCUT2D eigenvalue weighted by atomic mass is 10.2. The predicted molar refractivity (Wildman–Crippen MR) is 74.0 cm³/mol. The maximum absolute atomic E-state index is 5.61. The van der Waals surface area contributed by atoms with Gasteiger partial charge in [-0.15, -0.1) is 0 Å². The van der Waals surface area contributed by atoms with Crippen LogP contribution in [-0.4, -0.2) is 11.6 Å². The van der Waals surface area contributed by atoms with Crippen LogP contribution in [0.4, 0.5) is 0 Å². The first-order chi connectivity index (χ1) is 9.28. The summed E-state index contributed by atoms with van der Waals surface area (Å²) in [5.41, 5.74) is 1.19. The van der Waals surface area contributed by atoms with Crippen molar-refractivity contribution in [2.45, 2.75) is 33.4 Å². The molecule has 0 saturated carbocycles. The van der Waals surface area contributed by atoms with E-state index < -0.39 is 0 Å². The van der Waals surface area contributed by atoms with E-state index >= 15 is 0 Å². The van der Waals surface area contributed by atoms with Gasteiger partial charge < -0.3 is 14.5 Å². The summed E-state index contributed by atoms with van der Waals surface area (Å²) in [6.07, 6.45) is 2.75. The maximum atomic E-state index is 5.61. The Kier molecular flexibility index (Phi) is 4.98. The van der Waals surface area contributed by atoms with Gasteiger partial charge in [0, 0.05) is 6.54 Å². The van der Waals surface area contributed by atoms with Gasteiger partial charge >= 0.3 is 0 Å². The van der Waals surface area contributed by atoms with E-state index in [9.17, 15) is 0 Å². The Balaban J connectivity index is 1.82. The van der Waals surface area contributed by atoms with Crippen molar-refractivity contribution >= 4 is 0 Å². The molecule has 102 valence electrons. The number of ether oxygens (including phenoxy) is 1. The Morgan fingerprint density at radius 2 is 2.21 bits per heavy atom. The monoisotopic (exact) mass is 260 g/mol. The second-order valence-corrected chi connectivity index (χ2v) is 4.46. The van der Waals surface area contributed by atoms with Crippen molar-refractivity contribution in [2.24, 2.45) is 0 Å². The van der Waals surface area contributed by atoms with Crippen molar-refractivity contribution in [2.75, 3.05) is 6.61 Å². The van der Waals surface area contributed by atoms with Crippen LogP contribution in [0.3, 0.4) is 0 Å². The molecule has 4 nitrogen and oxygen atoms in total. The molecule has 1 aromatic heterocycles. The fourth-order valence-corrected chi connectivity index (χ4v) is 1.76. The summed E-state index contributed by atoms with van der Waals surface area (Å²) in [6, 6.07) is 8.13. The second kappa shape index (κ2) is 6.95. The lowest BCUT2D eigenvalue weighted by molar-refractivity contribution is 0.317. The van der Waals surface area contributed by atoms with Gasteiger partial charge in [-0.1, -0.05) is 19.1 Å². The highest BCUT2D eigenvalue weighted by Gasteiger charge is 2.01. The van der Waals surface area contributed by atoms with Crippen molar-refractivity contribution < 1.29 is 9.15 Å². The van der Waals surface area contributed by atoms with Gasteiger partial charge in [0.2, 0.25) is 5.89 Å². The van der Waals surface area contributed by atoms with Crippen LogP contribution >= 0.6 is 0 Å². The maximum Gasteiger partial charge on any atom is 0.208 e. The van der Waals surface area contributed by atoms with E-state index in [-0.39, 0.29) is 0 Å². The molecule has 0 unspecified atom stereocenters. The van der Waals surface area contributed by atoms with Gasteiger partial charge in [0.1, 0.15) is 11.5 Å². The van der Waals surface area contributed by atoms with Crippen LogP contribution < -0.4 is 10.1 Å². The van der Waals surface area contributed by atoms with E-state index in [0.717, 1.165) is 37.0 Å². The molecule has 0 fully saturated rings. The zero-order chi connectivity index (χ0) is 13.5. The minimum atomic E-state index is 0.633. The van der Waals surface area contributed by atoms with Gasteiger partial charge in [-0.05, 0) is 31.0 Å². The summed E-state index contributed by atoms with van der Waals surface area (Å²) in [5.74, 6) is 2.48. The van der Waals surface area contributed by atoms with Crippen LogP contribution in [0.25, 0.3) is 0 Å². The third kappa shape index (κ3) is 4.41. The van der Waals surface area contributed by atoms with Gasteiger partial charge in [0.05, 0.1) is 19.3 Å². The summed E-state index contributed by atoms with van der Waals surface area (Å²) in [6.45, 7) is 6.15. The first-order valence-corrected chi connectivity index (χ1v) is 6.61. The summed E-state index contributed by atoms with van der Waals surface area (Å²) in [5, 5.41) is 3.30. The van der Waals surface area contributed by atoms with Crippen molar-refractivity contribution in [3.05, 3.63) is 47.7 Å². The SMILES string of the molecule is CCCOc1cccc(CNCc2ncc(C)o2)c1. The molecule has 4 heteroatoms. The van der Waals surface area contributed by atoms with E-state index in [1.54, 1.807) is 6.20 Å². The molecule has 0 radical (unpaired) electrons. The molecule has 0 aliphatic rings. The van der Waals surface area contributed by atoms with Gasteiger partial charge in [-0.2, -0.15) is 0 Å². The molecule has 0 atom stereocenters. The van der Waals surface area contributed by atoms with Crippen molar-refractivity contribution in [3.63, 3.8) is 0 Å². The standard InChI is InChI=1S/C15H20N2O2/c1-3-7-18-14-6-4-5-13(8-14)10-16-11-15-17-9-12(2)19-15/h4-6,8-9,16H,3,7,10-11H2,1-2H3. The zero-order valence-corrected chi connectivity index (χ0v) is 11.5. The zero-order valence-electron chi connectivity index (χ0n) is 11.5. The molecule has 2 aromatic rings. The Morgan fingerprint density at radius 3 is 2.95 bits per heavy atom. The van der Waals surface area contributed by atoms with Crippen LogP contribution in [0.5, 0.6) is 5.75 Å². The number of aromatic nitrogens is 1. The first-order valence-electron chi connectivity index (χ1n) is 6.61. The Bertz CT molecular complexity index is 508. The van der Waals surface area contributed by atoms with E-state index in [0.29, 0.717) is 6.54 Å². The average molecular weight is 260 g/mol. The quantitative estimate of drug-likeness (QED) is 0.831. The van der Waals surface area contributed by atoms with Crippen molar-refractivity contribution in [1.29, 1.82) is 0 Å². The minimum Gasteiger partial charge on any atom is -0.494 e. The molecule has 0 aliphatic heterocycles. The number of hydrogen-bond donors (Lipinski definition) is 1. The van der Waals surface area contributed by atoms with Crippen molar-refractivity contribution in [3.8, 4) is 5.75 Å². The lowest BCUT2D eigenvalue weighted by Gasteiger charge is -2.07. The number of nitrogens with zero attached hydrogens (tertiary/aromatic N) is 1. The fraction of sp³-hybridized carbons (Fsp3) is 0.400. The summed E-state index contributed by atoms with van der Waals surface area (Å²) >= 11 is 0. The molecule has 0 bridgehead atoms. The Morgan fingerprint density at radius 1 is 1.32 bits per heavy atom. The average Bonchev–Trinajstić information content (AvgIpc) is 2.83. The Labute approximate surface area is 113 Å². The topological polar surface area (TPSA) is 47.3 Å². The highest BCUT2D eigenvalue weighted by molar-refractivity contribution is 5.28. The van der Waals surface area contributed by atoms with Gasteiger partial charge in [-0.3, -0.25) is 0 Å². The molecular weight excluding hydrogens is 240 g/mol. The van der Waals surface area contributed by atoms with E-state index in [1.165, 1.54) is 5.56 Å². The number of benzene rings is 1. The number of oxazole rings is 1. The van der Waals surface area contributed by atoms with Crippen LogP contribution in [0.2, 0.25) is 0 Å². The molecule has 0 amide bonds. The molecule has 19 heavy (non-hydrogen) atoms. The lowest BCUT2D eigenvalue weighted by Crippen LogP contribution is -2.12. The molecular formula is C15H20N2O2. The molecule has 1 aromatic carbocycles. The summed E-state index contributed by atoms with van der Waals surface area (Å²) in [7, 11) is 0.